The van der Waals surface area contributed by atoms with Gasteiger partial charge in [0.2, 0.25) is 0 Å². The topological polar surface area (TPSA) is 55.4 Å². The Morgan fingerprint density at radius 2 is 2.00 bits per heavy atom. The van der Waals surface area contributed by atoms with Gasteiger partial charge in [0, 0.05) is 40.1 Å². The SMILES string of the molecule is COC(=O)C1=C(C)NC2=C(C(=O)C[C@H](c3cccs3)C2)[C@@H]1c1ccc(Cl)c(Cl)c1. The number of ether oxygens (including phenoxy) is 1. The summed E-state index contributed by atoms with van der Waals surface area (Å²) >= 11 is 14.0. The molecule has 4 nitrogen and oxygen atoms in total. The first-order valence-corrected chi connectivity index (χ1v) is 10.8. The number of Topliss-reactive ketones (excluding diaryl/α,β-unsaturated/α-hetero) is 1. The first kappa shape index (κ1) is 20.2. The van der Waals surface area contributed by atoms with Crippen LogP contribution in [0.1, 0.15) is 42.0 Å². The van der Waals surface area contributed by atoms with Gasteiger partial charge in [0.15, 0.2) is 5.78 Å². The number of hydrogen-bond donors (Lipinski definition) is 1. The molecule has 0 radical (unpaired) electrons. The maximum absolute atomic E-state index is 13.3. The van der Waals surface area contributed by atoms with Gasteiger partial charge in [-0.2, -0.15) is 0 Å². The van der Waals surface area contributed by atoms with Crippen LogP contribution in [0.3, 0.4) is 0 Å². The fourth-order valence-electron chi connectivity index (χ4n) is 4.17. The van der Waals surface area contributed by atoms with E-state index >= 15 is 0 Å². The number of ketones is 1. The summed E-state index contributed by atoms with van der Waals surface area (Å²) in [5, 5.41) is 6.14. The standard InChI is InChI=1S/C22H19Cl2NO3S/c1-11-19(22(27)28-2)20(12-5-6-14(23)15(24)8-12)21-16(25-11)9-13(10-17(21)26)18-4-3-7-29-18/h3-8,13,20,25H,9-10H2,1-2H3/t13-,20-/m1/s1. The van der Waals surface area contributed by atoms with Gasteiger partial charge in [0.1, 0.15) is 0 Å². The van der Waals surface area contributed by atoms with Crippen molar-refractivity contribution in [3.8, 4) is 0 Å². The van der Waals surface area contributed by atoms with Gasteiger partial charge < -0.3 is 10.1 Å². The molecule has 29 heavy (non-hydrogen) atoms. The Morgan fingerprint density at radius 1 is 1.21 bits per heavy atom. The maximum Gasteiger partial charge on any atom is 0.336 e. The van der Waals surface area contributed by atoms with Crippen molar-refractivity contribution in [2.75, 3.05) is 7.11 Å². The highest BCUT2D eigenvalue weighted by Gasteiger charge is 2.41. The van der Waals surface area contributed by atoms with Crippen LogP contribution in [-0.4, -0.2) is 18.9 Å². The fourth-order valence-corrected chi connectivity index (χ4v) is 5.31. The molecule has 0 unspecified atom stereocenters. The molecule has 1 N–H and O–H groups in total. The fraction of sp³-hybridized carbons (Fsp3) is 0.273. The van der Waals surface area contributed by atoms with Gasteiger partial charge in [-0.3, -0.25) is 4.79 Å². The molecule has 150 valence electrons. The average Bonchev–Trinajstić information content (AvgIpc) is 3.23. The van der Waals surface area contributed by atoms with E-state index in [1.165, 1.54) is 12.0 Å². The zero-order valence-electron chi connectivity index (χ0n) is 15.9. The molecule has 4 rings (SSSR count). The van der Waals surface area contributed by atoms with Crippen molar-refractivity contribution in [2.45, 2.75) is 31.6 Å². The van der Waals surface area contributed by atoms with E-state index in [1.807, 2.05) is 24.4 Å². The number of allylic oxidation sites excluding steroid dienone is 3. The molecular weight excluding hydrogens is 429 g/mol. The predicted octanol–water partition coefficient (Wildman–Crippen LogP) is 5.59. The molecule has 1 aliphatic carbocycles. The summed E-state index contributed by atoms with van der Waals surface area (Å²) in [6, 6.07) is 9.29. The second-order valence-electron chi connectivity index (χ2n) is 7.20. The first-order valence-electron chi connectivity index (χ1n) is 9.21. The number of thiophene rings is 1. The maximum atomic E-state index is 13.3. The Balaban J connectivity index is 1.84. The first-order chi connectivity index (χ1) is 13.9. The van der Waals surface area contributed by atoms with E-state index in [1.54, 1.807) is 23.5 Å². The van der Waals surface area contributed by atoms with Crippen molar-refractivity contribution in [1.29, 1.82) is 0 Å². The van der Waals surface area contributed by atoms with Crippen molar-refractivity contribution in [1.82, 2.24) is 5.32 Å². The molecule has 0 saturated heterocycles. The Morgan fingerprint density at radius 3 is 2.66 bits per heavy atom. The number of benzene rings is 1. The summed E-state index contributed by atoms with van der Waals surface area (Å²) in [5.41, 5.74) is 3.33. The lowest BCUT2D eigenvalue weighted by Gasteiger charge is -2.36. The lowest BCUT2D eigenvalue weighted by molar-refractivity contribution is -0.136. The second-order valence-corrected chi connectivity index (χ2v) is 8.99. The highest BCUT2D eigenvalue weighted by Crippen LogP contribution is 2.46. The highest BCUT2D eigenvalue weighted by molar-refractivity contribution is 7.10. The van der Waals surface area contributed by atoms with Crippen LogP contribution in [0.5, 0.6) is 0 Å². The van der Waals surface area contributed by atoms with Crippen molar-refractivity contribution in [2.24, 2.45) is 0 Å². The molecule has 1 aliphatic heterocycles. The second kappa shape index (κ2) is 7.98. The largest absolute Gasteiger partial charge is 0.466 e. The van der Waals surface area contributed by atoms with Crippen LogP contribution in [0.4, 0.5) is 0 Å². The Labute approximate surface area is 183 Å². The lowest BCUT2D eigenvalue weighted by Crippen LogP contribution is -2.35. The summed E-state index contributed by atoms with van der Waals surface area (Å²) in [6.07, 6.45) is 1.12. The molecule has 1 aromatic heterocycles. The van der Waals surface area contributed by atoms with Crippen LogP contribution in [-0.2, 0) is 14.3 Å². The molecule has 0 fully saturated rings. The van der Waals surface area contributed by atoms with E-state index in [0.717, 1.165) is 11.3 Å². The van der Waals surface area contributed by atoms with Gasteiger partial charge in [0.05, 0.1) is 22.7 Å². The number of esters is 1. The molecule has 1 aromatic carbocycles. The predicted molar refractivity (Wildman–Crippen MR) is 115 cm³/mol. The number of halogens is 2. The third-order valence-electron chi connectivity index (χ3n) is 5.46. The number of dihydropyridines is 1. The zero-order chi connectivity index (χ0) is 20.7. The highest BCUT2D eigenvalue weighted by atomic mass is 35.5. The summed E-state index contributed by atoms with van der Waals surface area (Å²) in [4.78, 5) is 27.1. The number of nitrogens with one attached hydrogen (secondary N) is 1. The third kappa shape index (κ3) is 3.63. The number of carbonyl (C=O) groups excluding carboxylic acids is 2. The summed E-state index contributed by atoms with van der Waals surface area (Å²) in [7, 11) is 1.34. The van der Waals surface area contributed by atoms with E-state index in [-0.39, 0.29) is 11.7 Å². The molecule has 7 heteroatoms. The molecule has 2 atom stereocenters. The summed E-state index contributed by atoms with van der Waals surface area (Å²) in [6.45, 7) is 1.83. The van der Waals surface area contributed by atoms with E-state index < -0.39 is 11.9 Å². The molecule has 0 bridgehead atoms. The molecule has 0 spiro atoms. The summed E-state index contributed by atoms with van der Waals surface area (Å²) < 4.78 is 5.03. The molecule has 2 aliphatic rings. The molecule has 0 amide bonds. The van der Waals surface area contributed by atoms with Gasteiger partial charge in [-0.05, 0) is 42.5 Å². The van der Waals surface area contributed by atoms with E-state index in [4.69, 9.17) is 27.9 Å². The van der Waals surface area contributed by atoms with Gasteiger partial charge in [0.25, 0.3) is 0 Å². The van der Waals surface area contributed by atoms with Crippen LogP contribution in [0.25, 0.3) is 0 Å². The minimum absolute atomic E-state index is 0.0297. The van der Waals surface area contributed by atoms with E-state index in [0.29, 0.717) is 39.7 Å². The average molecular weight is 448 g/mol. The number of hydrogen-bond acceptors (Lipinski definition) is 5. The van der Waals surface area contributed by atoms with Crippen molar-refractivity contribution >= 4 is 46.3 Å². The Kier molecular flexibility index (Phi) is 5.56. The lowest BCUT2D eigenvalue weighted by atomic mass is 9.72. The van der Waals surface area contributed by atoms with Gasteiger partial charge in [-0.25, -0.2) is 4.79 Å². The molecular formula is C22H19Cl2NO3S. The van der Waals surface area contributed by atoms with E-state index in [2.05, 4.69) is 11.4 Å². The summed E-state index contributed by atoms with van der Waals surface area (Å²) in [5.74, 6) is -0.839. The van der Waals surface area contributed by atoms with Crippen LogP contribution in [0.2, 0.25) is 10.0 Å². The molecule has 0 saturated carbocycles. The zero-order valence-corrected chi connectivity index (χ0v) is 18.3. The van der Waals surface area contributed by atoms with Crippen LogP contribution in [0.15, 0.2) is 58.3 Å². The Hall–Kier alpha value is -2.08. The molecule has 2 aromatic rings. The quantitative estimate of drug-likeness (QED) is 0.622. The van der Waals surface area contributed by atoms with Gasteiger partial charge in [-0.15, -0.1) is 11.3 Å². The van der Waals surface area contributed by atoms with Crippen LogP contribution >= 0.6 is 34.5 Å². The minimum Gasteiger partial charge on any atom is -0.466 e. The van der Waals surface area contributed by atoms with Crippen LogP contribution in [0, 0.1) is 0 Å². The van der Waals surface area contributed by atoms with E-state index in [9.17, 15) is 9.59 Å². The monoisotopic (exact) mass is 447 g/mol. The number of carbonyl (C=O) groups is 2. The van der Waals surface area contributed by atoms with Gasteiger partial charge in [-0.1, -0.05) is 35.3 Å². The van der Waals surface area contributed by atoms with Crippen molar-refractivity contribution in [3.63, 3.8) is 0 Å². The van der Waals surface area contributed by atoms with Crippen molar-refractivity contribution in [3.05, 3.63) is 78.7 Å². The third-order valence-corrected chi connectivity index (χ3v) is 7.23. The number of methoxy groups -OCH3 is 1. The minimum atomic E-state index is -0.537. The van der Waals surface area contributed by atoms with Crippen LogP contribution < -0.4 is 5.32 Å². The Bertz CT molecular complexity index is 1060. The van der Waals surface area contributed by atoms with Gasteiger partial charge >= 0.3 is 5.97 Å². The molecule has 2 heterocycles. The van der Waals surface area contributed by atoms with Crippen molar-refractivity contribution < 1.29 is 14.3 Å². The number of rotatable bonds is 3. The smallest absolute Gasteiger partial charge is 0.336 e. The normalized spacial score (nSPS) is 21.7.